The van der Waals surface area contributed by atoms with E-state index in [-0.39, 0.29) is 6.04 Å². The highest BCUT2D eigenvalue weighted by Crippen LogP contribution is 2.37. The lowest BCUT2D eigenvalue weighted by molar-refractivity contribution is -0.0660. The van der Waals surface area contributed by atoms with Gasteiger partial charge in [-0.05, 0) is 61.8 Å². The highest BCUT2D eigenvalue weighted by atomic mass is 19.1. The van der Waals surface area contributed by atoms with Gasteiger partial charge in [0.25, 0.3) is 0 Å². The number of ether oxygens (including phenoxy) is 1. The van der Waals surface area contributed by atoms with E-state index in [0.29, 0.717) is 17.9 Å². The lowest BCUT2D eigenvalue weighted by Gasteiger charge is -2.42. The van der Waals surface area contributed by atoms with Crippen LogP contribution in [0.5, 0.6) is 0 Å². The number of nitrogens with two attached hydrogens (primary N) is 1. The fourth-order valence-electron chi connectivity index (χ4n) is 3.10. The molecule has 0 aliphatic heterocycles. The normalized spacial score (nSPS) is 28.4. The van der Waals surface area contributed by atoms with Crippen LogP contribution in [0.25, 0.3) is 0 Å². The van der Waals surface area contributed by atoms with Crippen molar-refractivity contribution in [3.05, 3.63) is 35.4 Å². The Hall–Kier alpha value is -1.00. The summed E-state index contributed by atoms with van der Waals surface area (Å²) in [6.45, 7) is 2.22. The molecular formula is C16H23F2NO. The standard InChI is InChI=1S/C16H23F2NO/c1-11-5-7-16(20-2,8-6-11)15(19)10-12-9-13(17)3-4-14(12)18/h3-4,9,11,15H,5-8,10,19H2,1-2H3. The van der Waals surface area contributed by atoms with E-state index in [1.165, 1.54) is 6.07 Å². The van der Waals surface area contributed by atoms with Gasteiger partial charge in [-0.25, -0.2) is 8.78 Å². The first-order valence-corrected chi connectivity index (χ1v) is 7.21. The van der Waals surface area contributed by atoms with Crippen molar-refractivity contribution in [2.45, 2.75) is 50.7 Å². The van der Waals surface area contributed by atoms with Gasteiger partial charge in [0.2, 0.25) is 0 Å². The first-order valence-electron chi connectivity index (χ1n) is 7.21. The van der Waals surface area contributed by atoms with Crippen LogP contribution in [0, 0.1) is 17.6 Å². The van der Waals surface area contributed by atoms with Crippen LogP contribution in [0.2, 0.25) is 0 Å². The highest BCUT2D eigenvalue weighted by molar-refractivity contribution is 5.21. The minimum absolute atomic E-state index is 0.297. The molecule has 0 saturated heterocycles. The zero-order chi connectivity index (χ0) is 14.8. The molecule has 1 saturated carbocycles. The molecular weight excluding hydrogens is 260 g/mol. The molecule has 112 valence electrons. The van der Waals surface area contributed by atoms with Gasteiger partial charge in [-0.3, -0.25) is 0 Å². The van der Waals surface area contributed by atoms with E-state index in [0.717, 1.165) is 37.8 Å². The van der Waals surface area contributed by atoms with Crippen LogP contribution in [0.1, 0.15) is 38.2 Å². The molecule has 2 nitrogen and oxygen atoms in total. The first kappa shape index (κ1) is 15.4. The Kier molecular flexibility index (Phi) is 4.76. The van der Waals surface area contributed by atoms with Crippen molar-refractivity contribution in [1.82, 2.24) is 0 Å². The minimum atomic E-state index is -0.433. The maximum atomic E-state index is 13.7. The average Bonchev–Trinajstić information content (AvgIpc) is 2.44. The number of rotatable bonds is 4. The fourth-order valence-corrected chi connectivity index (χ4v) is 3.10. The zero-order valence-corrected chi connectivity index (χ0v) is 12.2. The maximum Gasteiger partial charge on any atom is 0.126 e. The quantitative estimate of drug-likeness (QED) is 0.919. The van der Waals surface area contributed by atoms with Gasteiger partial charge < -0.3 is 10.5 Å². The van der Waals surface area contributed by atoms with Gasteiger partial charge >= 0.3 is 0 Å². The van der Waals surface area contributed by atoms with Gasteiger partial charge in [-0.2, -0.15) is 0 Å². The van der Waals surface area contributed by atoms with Crippen molar-refractivity contribution in [2.24, 2.45) is 11.7 Å². The second kappa shape index (κ2) is 6.19. The smallest absolute Gasteiger partial charge is 0.126 e. The Bertz CT molecular complexity index is 456. The van der Waals surface area contributed by atoms with E-state index in [9.17, 15) is 8.78 Å². The summed E-state index contributed by atoms with van der Waals surface area (Å²) in [5.74, 6) is -0.161. The monoisotopic (exact) mass is 283 g/mol. The van der Waals surface area contributed by atoms with Crippen molar-refractivity contribution >= 4 is 0 Å². The first-order chi connectivity index (χ1) is 9.47. The van der Waals surface area contributed by atoms with Crippen LogP contribution in [0.15, 0.2) is 18.2 Å². The summed E-state index contributed by atoms with van der Waals surface area (Å²) in [6.07, 6.45) is 4.18. The van der Waals surface area contributed by atoms with Crippen LogP contribution < -0.4 is 5.73 Å². The molecule has 0 amide bonds. The lowest BCUT2D eigenvalue weighted by Crippen LogP contribution is -2.52. The molecule has 0 spiro atoms. The molecule has 1 aromatic rings. The van der Waals surface area contributed by atoms with Crippen LogP contribution in [-0.2, 0) is 11.2 Å². The summed E-state index contributed by atoms with van der Waals surface area (Å²) in [7, 11) is 1.66. The zero-order valence-electron chi connectivity index (χ0n) is 12.2. The number of hydrogen-bond acceptors (Lipinski definition) is 2. The van der Waals surface area contributed by atoms with Crippen LogP contribution in [0.3, 0.4) is 0 Å². The second-order valence-corrected chi connectivity index (χ2v) is 6.00. The minimum Gasteiger partial charge on any atom is -0.377 e. The molecule has 1 aliphatic carbocycles. The number of halogens is 2. The van der Waals surface area contributed by atoms with Crippen molar-refractivity contribution in [3.63, 3.8) is 0 Å². The molecule has 1 unspecified atom stereocenters. The van der Waals surface area contributed by atoms with Crippen LogP contribution in [0.4, 0.5) is 8.78 Å². The third-order valence-electron chi connectivity index (χ3n) is 4.65. The van der Waals surface area contributed by atoms with E-state index in [1.807, 2.05) is 0 Å². The number of hydrogen-bond donors (Lipinski definition) is 1. The molecule has 4 heteroatoms. The SMILES string of the molecule is COC1(C(N)Cc2cc(F)ccc2F)CCC(C)CC1. The molecule has 0 bridgehead atoms. The summed E-state index contributed by atoms with van der Waals surface area (Å²) in [6, 6.07) is 3.18. The van der Waals surface area contributed by atoms with E-state index in [4.69, 9.17) is 10.5 Å². The maximum absolute atomic E-state index is 13.7. The average molecular weight is 283 g/mol. The summed E-state index contributed by atoms with van der Waals surface area (Å²) in [4.78, 5) is 0. The van der Waals surface area contributed by atoms with Crippen molar-refractivity contribution < 1.29 is 13.5 Å². The predicted octanol–water partition coefficient (Wildman–Crippen LogP) is 3.43. The Morgan fingerprint density at radius 2 is 2.00 bits per heavy atom. The molecule has 0 heterocycles. The molecule has 1 atom stereocenters. The molecule has 1 aliphatic rings. The number of benzene rings is 1. The van der Waals surface area contributed by atoms with Crippen LogP contribution >= 0.6 is 0 Å². The Balaban J connectivity index is 2.13. The van der Waals surface area contributed by atoms with Crippen molar-refractivity contribution in [1.29, 1.82) is 0 Å². The third-order valence-corrected chi connectivity index (χ3v) is 4.65. The molecule has 0 radical (unpaired) electrons. The topological polar surface area (TPSA) is 35.2 Å². The van der Waals surface area contributed by atoms with Gasteiger partial charge in [0.1, 0.15) is 11.6 Å². The molecule has 2 rings (SSSR count). The van der Waals surface area contributed by atoms with E-state index < -0.39 is 17.2 Å². The molecule has 1 aromatic carbocycles. The van der Waals surface area contributed by atoms with E-state index in [2.05, 4.69) is 6.92 Å². The Morgan fingerprint density at radius 1 is 1.35 bits per heavy atom. The van der Waals surface area contributed by atoms with Gasteiger partial charge in [0.15, 0.2) is 0 Å². The summed E-state index contributed by atoms with van der Waals surface area (Å²) in [5, 5.41) is 0. The van der Waals surface area contributed by atoms with Crippen molar-refractivity contribution in [3.8, 4) is 0 Å². The summed E-state index contributed by atoms with van der Waals surface area (Å²) >= 11 is 0. The second-order valence-electron chi connectivity index (χ2n) is 6.00. The predicted molar refractivity (Wildman–Crippen MR) is 75.4 cm³/mol. The molecule has 20 heavy (non-hydrogen) atoms. The summed E-state index contributed by atoms with van der Waals surface area (Å²) in [5.41, 5.74) is 6.19. The lowest BCUT2D eigenvalue weighted by atomic mass is 9.74. The van der Waals surface area contributed by atoms with Gasteiger partial charge in [-0.15, -0.1) is 0 Å². The van der Waals surface area contributed by atoms with Crippen LogP contribution in [-0.4, -0.2) is 18.8 Å². The fraction of sp³-hybridized carbons (Fsp3) is 0.625. The number of methoxy groups -OCH3 is 1. The molecule has 1 fully saturated rings. The van der Waals surface area contributed by atoms with E-state index in [1.54, 1.807) is 7.11 Å². The van der Waals surface area contributed by atoms with Crippen molar-refractivity contribution in [2.75, 3.05) is 7.11 Å². The molecule has 0 aromatic heterocycles. The van der Waals surface area contributed by atoms with Gasteiger partial charge in [0.05, 0.1) is 5.60 Å². The highest BCUT2D eigenvalue weighted by Gasteiger charge is 2.39. The third kappa shape index (κ3) is 3.18. The van der Waals surface area contributed by atoms with E-state index >= 15 is 0 Å². The largest absolute Gasteiger partial charge is 0.377 e. The molecule has 2 N–H and O–H groups in total. The Labute approximate surface area is 119 Å². The Morgan fingerprint density at radius 3 is 2.60 bits per heavy atom. The van der Waals surface area contributed by atoms with Gasteiger partial charge in [-0.1, -0.05) is 6.92 Å². The van der Waals surface area contributed by atoms with Gasteiger partial charge in [0, 0.05) is 13.2 Å². The summed E-state index contributed by atoms with van der Waals surface area (Å²) < 4.78 is 32.6.